The minimum absolute atomic E-state index is 0.00940. The fourth-order valence-electron chi connectivity index (χ4n) is 6.63. The number of halogens is 4. The first-order valence-corrected chi connectivity index (χ1v) is 18.1. The van der Waals surface area contributed by atoms with Crippen LogP contribution >= 0.6 is 0 Å². The second kappa shape index (κ2) is 16.1. The van der Waals surface area contributed by atoms with Crippen molar-refractivity contribution in [3.8, 4) is 22.7 Å². The van der Waals surface area contributed by atoms with Crippen molar-refractivity contribution in [1.82, 2.24) is 29.6 Å². The summed E-state index contributed by atoms with van der Waals surface area (Å²) < 4.78 is 79.8. The largest absolute Gasteiger partial charge is 0.492 e. The highest BCUT2D eigenvalue weighted by Crippen LogP contribution is 2.43. The van der Waals surface area contributed by atoms with Crippen molar-refractivity contribution in [3.05, 3.63) is 82.7 Å². The molecule has 0 saturated carbocycles. The highest BCUT2D eigenvalue weighted by molar-refractivity contribution is 6.03. The zero-order valence-electron chi connectivity index (χ0n) is 32.1. The number of nitrogens with one attached hydrogen (secondary N) is 1. The van der Waals surface area contributed by atoms with Gasteiger partial charge in [0.15, 0.2) is 11.6 Å². The Hall–Kier alpha value is -6.20. The fourth-order valence-corrected chi connectivity index (χ4v) is 6.63. The van der Waals surface area contributed by atoms with Crippen molar-refractivity contribution in [2.75, 3.05) is 31.9 Å². The van der Waals surface area contributed by atoms with E-state index < -0.39 is 54.7 Å². The number of nitrogens with zero attached hydrogens (tertiary/aromatic N) is 6. The van der Waals surface area contributed by atoms with Crippen LogP contribution in [0.15, 0.2) is 48.9 Å². The SMILES string of the molecule is CCc1cccc(CC)c1-n1nc2c(c1-c1cc(F)c(OC)c3c1ccn3C(=O)OCOC(=O)CNC(=O)OC(C)(C)C)CN(c1ncc(C(F)(F)F)cn1)CC2. The van der Waals surface area contributed by atoms with Crippen LogP contribution in [0.25, 0.3) is 27.8 Å². The lowest BCUT2D eigenvalue weighted by molar-refractivity contribution is -0.150. The number of hydrogen-bond donors (Lipinski definition) is 1. The summed E-state index contributed by atoms with van der Waals surface area (Å²) in [4.78, 5) is 47.3. The van der Waals surface area contributed by atoms with Crippen molar-refractivity contribution < 1.29 is 50.9 Å². The van der Waals surface area contributed by atoms with Gasteiger partial charge in [0.25, 0.3) is 0 Å². The van der Waals surface area contributed by atoms with E-state index >= 15 is 4.39 Å². The molecule has 18 heteroatoms. The van der Waals surface area contributed by atoms with Crippen LogP contribution in [0.1, 0.15) is 62.6 Å². The van der Waals surface area contributed by atoms with Crippen LogP contribution in [0.3, 0.4) is 0 Å². The van der Waals surface area contributed by atoms with E-state index in [1.165, 1.54) is 19.4 Å². The molecular formula is C39H41F4N7O7. The number of anilines is 1. The smallest absolute Gasteiger partial charge is 0.421 e. The van der Waals surface area contributed by atoms with Gasteiger partial charge in [-0.2, -0.15) is 18.3 Å². The highest BCUT2D eigenvalue weighted by atomic mass is 19.4. The van der Waals surface area contributed by atoms with Gasteiger partial charge in [-0.25, -0.2) is 33.2 Å². The fraction of sp³-hybridized carbons (Fsp3) is 0.385. The van der Waals surface area contributed by atoms with Crippen molar-refractivity contribution in [3.63, 3.8) is 0 Å². The Morgan fingerprint density at radius 3 is 2.28 bits per heavy atom. The molecule has 0 saturated heterocycles. The van der Waals surface area contributed by atoms with Crippen LogP contribution in [0.2, 0.25) is 0 Å². The molecule has 3 aromatic heterocycles. The number of fused-ring (bicyclic) bond motifs is 2. The average molecular weight is 796 g/mol. The molecule has 1 aliphatic rings. The van der Waals surface area contributed by atoms with E-state index in [2.05, 4.69) is 15.3 Å². The molecule has 302 valence electrons. The maximum Gasteiger partial charge on any atom is 0.421 e. The van der Waals surface area contributed by atoms with Gasteiger partial charge in [-0.3, -0.25) is 4.79 Å². The minimum atomic E-state index is -4.61. The summed E-state index contributed by atoms with van der Waals surface area (Å²) in [5.41, 5.74) is 3.16. The van der Waals surface area contributed by atoms with Gasteiger partial charge in [0.2, 0.25) is 12.7 Å². The second-order valence-electron chi connectivity index (χ2n) is 14.0. The molecule has 4 heterocycles. The summed E-state index contributed by atoms with van der Waals surface area (Å²) in [5.74, 6) is -1.91. The number of ether oxygens (including phenoxy) is 4. The molecular weight excluding hydrogens is 754 g/mol. The molecule has 0 aliphatic carbocycles. The predicted octanol–water partition coefficient (Wildman–Crippen LogP) is 7.15. The van der Waals surface area contributed by atoms with Crippen molar-refractivity contribution in [2.45, 2.75) is 72.2 Å². The Kier molecular flexibility index (Phi) is 11.4. The molecule has 0 atom stereocenters. The van der Waals surface area contributed by atoms with E-state index in [-0.39, 0.29) is 23.8 Å². The molecule has 0 bridgehead atoms. The number of carbonyl (C=O) groups excluding carboxylic acids is 3. The normalized spacial score (nSPS) is 13.0. The number of hydrogen-bond acceptors (Lipinski definition) is 11. The van der Waals surface area contributed by atoms with Crippen LogP contribution in [0.5, 0.6) is 5.75 Å². The number of alkyl halides is 3. The lowest BCUT2D eigenvalue weighted by Crippen LogP contribution is -2.36. The predicted molar refractivity (Wildman–Crippen MR) is 199 cm³/mol. The monoisotopic (exact) mass is 795 g/mol. The van der Waals surface area contributed by atoms with E-state index in [4.69, 9.17) is 24.0 Å². The van der Waals surface area contributed by atoms with E-state index in [1.54, 1.807) is 36.4 Å². The third kappa shape index (κ3) is 8.49. The summed E-state index contributed by atoms with van der Waals surface area (Å²) in [6, 6.07) is 8.80. The number of esters is 1. The molecule has 1 aliphatic heterocycles. The van der Waals surface area contributed by atoms with E-state index in [1.807, 2.05) is 32.0 Å². The molecule has 2 aromatic carbocycles. The molecule has 14 nitrogen and oxygen atoms in total. The number of aryl methyl sites for hydroxylation is 2. The molecule has 1 amide bonds. The molecule has 6 rings (SSSR count). The Morgan fingerprint density at radius 1 is 0.982 bits per heavy atom. The lowest BCUT2D eigenvalue weighted by Gasteiger charge is -2.27. The second-order valence-corrected chi connectivity index (χ2v) is 14.0. The topological polar surface area (TPSA) is 152 Å². The number of methoxy groups -OCH3 is 1. The molecule has 0 radical (unpaired) electrons. The maximum absolute atomic E-state index is 16.3. The maximum atomic E-state index is 16.3. The van der Waals surface area contributed by atoms with Gasteiger partial charge in [-0.05, 0) is 56.9 Å². The van der Waals surface area contributed by atoms with Crippen LogP contribution in [0, 0.1) is 5.82 Å². The number of benzene rings is 2. The van der Waals surface area contributed by atoms with Gasteiger partial charge < -0.3 is 29.2 Å². The van der Waals surface area contributed by atoms with Crippen molar-refractivity contribution in [2.24, 2.45) is 0 Å². The van der Waals surface area contributed by atoms with Crippen LogP contribution in [-0.2, 0) is 51.0 Å². The van der Waals surface area contributed by atoms with Gasteiger partial charge in [0, 0.05) is 54.6 Å². The number of rotatable bonds is 10. The van der Waals surface area contributed by atoms with Crippen molar-refractivity contribution >= 4 is 35.0 Å². The molecule has 5 aromatic rings. The Labute approximate surface area is 324 Å². The molecule has 57 heavy (non-hydrogen) atoms. The van der Waals surface area contributed by atoms with Gasteiger partial charge in [0.1, 0.15) is 17.7 Å². The molecule has 1 N–H and O–H groups in total. The first kappa shape index (κ1) is 40.5. The zero-order valence-corrected chi connectivity index (χ0v) is 32.1. The van der Waals surface area contributed by atoms with Crippen LogP contribution < -0.4 is 15.0 Å². The highest BCUT2D eigenvalue weighted by Gasteiger charge is 2.34. The summed E-state index contributed by atoms with van der Waals surface area (Å²) in [5, 5.41) is 7.70. The Bertz CT molecular complexity index is 2290. The van der Waals surface area contributed by atoms with Gasteiger partial charge in [-0.1, -0.05) is 32.0 Å². The van der Waals surface area contributed by atoms with E-state index in [9.17, 15) is 27.6 Å². The lowest BCUT2D eigenvalue weighted by atomic mass is 9.97. The van der Waals surface area contributed by atoms with Crippen LogP contribution in [0.4, 0.5) is 33.1 Å². The van der Waals surface area contributed by atoms with Gasteiger partial charge in [0.05, 0.1) is 29.7 Å². The number of amides is 1. The first-order chi connectivity index (χ1) is 27.0. The average Bonchev–Trinajstić information content (AvgIpc) is 3.77. The van der Waals surface area contributed by atoms with E-state index in [0.717, 1.165) is 33.8 Å². The molecule has 0 spiro atoms. The number of carbonyl (C=O) groups is 3. The third-order valence-corrected chi connectivity index (χ3v) is 9.17. The first-order valence-electron chi connectivity index (χ1n) is 18.1. The summed E-state index contributed by atoms with van der Waals surface area (Å²) in [7, 11) is 1.25. The molecule has 0 fully saturated rings. The number of alkyl carbamates (subject to hydrolysis) is 1. The van der Waals surface area contributed by atoms with Gasteiger partial charge >= 0.3 is 24.3 Å². The standard InChI is InChI=1S/C39H41F4N7O7/c1-7-22-10-9-11-23(8-2)31(22)50-32(27-20-48(14-13-29(27)47-50)35-44-17-24(18-45-35)39(41,42)43)26-16-28(40)34(54-6)33-25(26)12-15-49(33)37(53)56-21-55-30(51)19-46-36(52)57-38(3,4)5/h9-12,15-18H,7-8,13-14,19-21H2,1-6H3,(H,46,52). The summed E-state index contributed by atoms with van der Waals surface area (Å²) >= 11 is 0. The minimum Gasteiger partial charge on any atom is -0.492 e. The van der Waals surface area contributed by atoms with Crippen molar-refractivity contribution in [1.29, 1.82) is 0 Å². The van der Waals surface area contributed by atoms with E-state index in [0.29, 0.717) is 53.7 Å². The van der Waals surface area contributed by atoms with Crippen LogP contribution in [-0.4, -0.2) is 75.1 Å². The molecule has 0 unspecified atom stereocenters. The summed E-state index contributed by atoms with van der Waals surface area (Å²) in [6.07, 6.45) is -1.98. The Balaban J connectivity index is 1.40. The zero-order chi connectivity index (χ0) is 41.2. The summed E-state index contributed by atoms with van der Waals surface area (Å²) in [6.45, 7) is 8.09. The number of para-hydroxylation sites is 1. The third-order valence-electron chi connectivity index (χ3n) is 9.17. The Morgan fingerprint density at radius 2 is 1.67 bits per heavy atom. The number of aromatic nitrogens is 5. The quantitative estimate of drug-likeness (QED) is 0.0872. The van der Waals surface area contributed by atoms with Gasteiger partial charge in [-0.15, -0.1) is 0 Å².